The largest absolute Gasteiger partial charge is 0.367 e. The van der Waals surface area contributed by atoms with Crippen LogP contribution < -0.4 is 0 Å². The first-order valence-electron chi connectivity index (χ1n) is 3.78. The molecule has 0 bridgehead atoms. The van der Waals surface area contributed by atoms with Crippen molar-refractivity contribution in [1.82, 2.24) is 0 Å². The van der Waals surface area contributed by atoms with Gasteiger partial charge in [0.05, 0.1) is 42.3 Å². The fourth-order valence-corrected chi connectivity index (χ4v) is 0.618. The maximum absolute atomic E-state index is 11.4. The van der Waals surface area contributed by atoms with Crippen LogP contribution in [0, 0.1) is 0 Å². The highest BCUT2D eigenvalue weighted by atomic mass is 16.2. The molecule has 0 aromatic heterocycles. The van der Waals surface area contributed by atoms with Crippen LogP contribution in [0.3, 0.4) is 0 Å². The number of carbonyl (C=O) groups excluding carboxylic acids is 1. The Balaban J connectivity index is 4.11. The van der Waals surface area contributed by atoms with Crippen LogP contribution in [0.25, 0.3) is 0 Å². The van der Waals surface area contributed by atoms with Gasteiger partial charge in [-0.15, -0.1) is 0 Å². The molecule has 0 aliphatic heterocycles. The van der Waals surface area contributed by atoms with Gasteiger partial charge in [-0.25, -0.2) is 4.79 Å². The zero-order valence-corrected chi connectivity index (χ0v) is 8.51. The molecule has 11 heavy (non-hydrogen) atoms. The predicted octanol–water partition coefficient (Wildman–Crippen LogP) is -0.0746. The van der Waals surface area contributed by atoms with Gasteiger partial charge in [-0.2, -0.15) is 0 Å². The standard InChI is InChI=1S/C8H20N2O/c1-9(2,3)7-8(11)10(4,5)6/h7H2,1-6H3/q+2. The smallest absolute Gasteiger partial charge is 0.320 e. The molecule has 3 nitrogen and oxygen atoms in total. The van der Waals surface area contributed by atoms with Crippen molar-refractivity contribution >= 4 is 5.91 Å². The van der Waals surface area contributed by atoms with E-state index in [0.717, 1.165) is 0 Å². The van der Waals surface area contributed by atoms with E-state index in [1.807, 2.05) is 42.3 Å². The van der Waals surface area contributed by atoms with E-state index in [0.29, 0.717) is 15.5 Å². The Kier molecular flexibility index (Phi) is 2.80. The maximum Gasteiger partial charge on any atom is 0.367 e. The van der Waals surface area contributed by atoms with Crippen molar-refractivity contribution in [3.05, 3.63) is 0 Å². The summed E-state index contributed by atoms with van der Waals surface area (Å²) in [7, 11) is 11.8. The normalized spacial score (nSPS) is 13.3. The minimum atomic E-state index is 0.262. The van der Waals surface area contributed by atoms with Crippen LogP contribution in [0.15, 0.2) is 0 Å². The molecule has 0 aromatic carbocycles. The lowest BCUT2D eigenvalue weighted by Crippen LogP contribution is -2.51. The van der Waals surface area contributed by atoms with Crippen LogP contribution in [0.5, 0.6) is 0 Å². The minimum Gasteiger partial charge on any atom is -0.320 e. The Morgan fingerprint density at radius 1 is 1.00 bits per heavy atom. The number of quaternary nitrogens is 2. The molecular formula is C8H20N2O+2. The predicted molar refractivity (Wildman–Crippen MR) is 45.9 cm³/mol. The van der Waals surface area contributed by atoms with Gasteiger partial charge in [0.15, 0.2) is 6.54 Å². The van der Waals surface area contributed by atoms with E-state index < -0.39 is 0 Å². The van der Waals surface area contributed by atoms with E-state index in [9.17, 15) is 4.79 Å². The molecule has 0 radical (unpaired) electrons. The molecular weight excluding hydrogens is 140 g/mol. The summed E-state index contributed by atoms with van der Waals surface area (Å²) in [5.74, 6) is 0.262. The SMILES string of the molecule is C[N+](C)(C)CC(=O)[N+](C)(C)C. The van der Waals surface area contributed by atoms with Crippen molar-refractivity contribution in [3.8, 4) is 0 Å². The van der Waals surface area contributed by atoms with Gasteiger partial charge in [-0.3, -0.25) is 4.48 Å². The lowest BCUT2D eigenvalue weighted by atomic mass is 10.4. The second kappa shape index (κ2) is 2.91. The van der Waals surface area contributed by atoms with E-state index >= 15 is 0 Å². The van der Waals surface area contributed by atoms with E-state index in [1.54, 1.807) is 0 Å². The summed E-state index contributed by atoms with van der Waals surface area (Å²) in [6.07, 6.45) is 0. The number of hydrogen-bond acceptors (Lipinski definition) is 1. The number of amides is 1. The summed E-state index contributed by atoms with van der Waals surface area (Å²) in [6, 6.07) is 0. The Hall–Kier alpha value is -0.410. The number of likely N-dealkylation sites (N-methyl/N-ethyl adjacent to an activating group) is 2. The van der Waals surface area contributed by atoms with Crippen LogP contribution in [-0.4, -0.2) is 63.7 Å². The van der Waals surface area contributed by atoms with E-state index in [-0.39, 0.29) is 5.91 Å². The summed E-state index contributed by atoms with van der Waals surface area (Å²) in [5, 5.41) is 0. The monoisotopic (exact) mass is 160 g/mol. The molecule has 0 unspecified atom stereocenters. The average molecular weight is 160 g/mol. The lowest BCUT2D eigenvalue weighted by molar-refractivity contribution is -0.880. The average Bonchev–Trinajstić information content (AvgIpc) is 1.56. The molecule has 0 fully saturated rings. The van der Waals surface area contributed by atoms with E-state index in [1.165, 1.54) is 0 Å². The Morgan fingerprint density at radius 2 is 1.36 bits per heavy atom. The summed E-state index contributed by atoms with van der Waals surface area (Å²) in [6.45, 7) is 0.587. The van der Waals surface area contributed by atoms with Gasteiger partial charge in [0.25, 0.3) is 0 Å². The molecule has 0 aliphatic rings. The Bertz CT molecular complexity index is 150. The number of carbonyl (C=O) groups is 1. The second-order valence-electron chi connectivity index (χ2n) is 4.85. The van der Waals surface area contributed by atoms with Gasteiger partial charge in [0, 0.05) is 0 Å². The van der Waals surface area contributed by atoms with Gasteiger partial charge >= 0.3 is 5.91 Å². The van der Waals surface area contributed by atoms with Gasteiger partial charge < -0.3 is 4.48 Å². The van der Waals surface area contributed by atoms with Crippen molar-refractivity contribution < 1.29 is 13.8 Å². The van der Waals surface area contributed by atoms with Crippen LogP contribution in [0.4, 0.5) is 0 Å². The molecule has 0 spiro atoms. The Labute approximate surface area is 69.4 Å². The fraction of sp³-hybridized carbons (Fsp3) is 0.875. The van der Waals surface area contributed by atoms with Crippen molar-refractivity contribution in [2.24, 2.45) is 0 Å². The minimum absolute atomic E-state index is 0.262. The highest BCUT2D eigenvalue weighted by Gasteiger charge is 2.26. The summed E-state index contributed by atoms with van der Waals surface area (Å²) >= 11 is 0. The van der Waals surface area contributed by atoms with Crippen molar-refractivity contribution in [2.75, 3.05) is 48.8 Å². The highest BCUT2D eigenvalue weighted by Crippen LogP contribution is 1.97. The summed E-state index contributed by atoms with van der Waals surface area (Å²) in [5.41, 5.74) is 0. The van der Waals surface area contributed by atoms with Crippen LogP contribution in [0.2, 0.25) is 0 Å². The lowest BCUT2D eigenvalue weighted by Gasteiger charge is -2.27. The Morgan fingerprint density at radius 3 is 1.45 bits per heavy atom. The second-order valence-corrected chi connectivity index (χ2v) is 4.85. The molecule has 0 heterocycles. The zero-order chi connectivity index (χ0) is 9.28. The molecule has 0 saturated heterocycles. The summed E-state index contributed by atoms with van der Waals surface area (Å²) < 4.78 is 1.11. The third-order valence-electron chi connectivity index (χ3n) is 1.36. The first-order valence-corrected chi connectivity index (χ1v) is 3.78. The van der Waals surface area contributed by atoms with Crippen molar-refractivity contribution in [3.63, 3.8) is 0 Å². The van der Waals surface area contributed by atoms with Crippen LogP contribution >= 0.6 is 0 Å². The van der Waals surface area contributed by atoms with Gasteiger partial charge in [-0.1, -0.05) is 0 Å². The first-order chi connectivity index (χ1) is 4.63. The van der Waals surface area contributed by atoms with E-state index in [2.05, 4.69) is 0 Å². The number of hydrogen-bond donors (Lipinski definition) is 0. The molecule has 0 atom stereocenters. The highest BCUT2D eigenvalue weighted by molar-refractivity contribution is 5.69. The third-order valence-corrected chi connectivity index (χ3v) is 1.36. The van der Waals surface area contributed by atoms with Crippen molar-refractivity contribution in [2.45, 2.75) is 0 Å². The fourth-order valence-electron chi connectivity index (χ4n) is 0.618. The van der Waals surface area contributed by atoms with Gasteiger partial charge in [0.1, 0.15) is 0 Å². The molecule has 0 rings (SSSR count). The van der Waals surface area contributed by atoms with Gasteiger partial charge in [-0.05, 0) is 0 Å². The zero-order valence-electron chi connectivity index (χ0n) is 8.51. The molecule has 0 N–H and O–H groups in total. The van der Waals surface area contributed by atoms with Crippen LogP contribution in [0.1, 0.15) is 0 Å². The van der Waals surface area contributed by atoms with Gasteiger partial charge in [0.2, 0.25) is 0 Å². The van der Waals surface area contributed by atoms with Crippen molar-refractivity contribution in [1.29, 1.82) is 0 Å². The molecule has 66 valence electrons. The first kappa shape index (κ1) is 10.6. The quantitative estimate of drug-likeness (QED) is 0.517. The van der Waals surface area contributed by atoms with E-state index in [4.69, 9.17) is 0 Å². The molecule has 0 aromatic rings. The van der Waals surface area contributed by atoms with Crippen LogP contribution in [-0.2, 0) is 4.79 Å². The molecule has 0 saturated carbocycles. The molecule has 1 amide bonds. The summed E-state index contributed by atoms with van der Waals surface area (Å²) in [4.78, 5) is 11.4. The molecule has 3 heteroatoms. The number of nitrogens with zero attached hydrogens (tertiary/aromatic N) is 2. The topological polar surface area (TPSA) is 17.1 Å². The third kappa shape index (κ3) is 4.93. The molecule has 0 aliphatic carbocycles. The maximum atomic E-state index is 11.4. The number of rotatable bonds is 2.